The van der Waals surface area contributed by atoms with Crippen LogP contribution >= 0.6 is 47.4 Å². The molecule has 3 aromatic rings. The van der Waals surface area contributed by atoms with E-state index in [9.17, 15) is 4.79 Å². The van der Waals surface area contributed by atoms with E-state index in [2.05, 4.69) is 9.97 Å². The molecule has 0 aliphatic carbocycles. The van der Waals surface area contributed by atoms with Crippen molar-refractivity contribution in [1.82, 2.24) is 9.97 Å². The fourth-order valence-electron chi connectivity index (χ4n) is 2.09. The summed E-state index contributed by atoms with van der Waals surface area (Å²) in [4.78, 5) is 19.9. The predicted octanol–water partition coefficient (Wildman–Crippen LogP) is 5.28. The van der Waals surface area contributed by atoms with Crippen LogP contribution in [0.4, 0.5) is 0 Å². The summed E-state index contributed by atoms with van der Waals surface area (Å²) in [5.74, 6) is 0.912. The number of rotatable bonds is 5. The smallest absolute Gasteiger partial charge is 0.174 e. The van der Waals surface area contributed by atoms with E-state index in [1.54, 1.807) is 25.3 Å². The number of ketones is 1. The van der Waals surface area contributed by atoms with Crippen molar-refractivity contribution in [3.63, 3.8) is 0 Å². The molecule has 0 bridgehead atoms. The second-order valence-corrected chi connectivity index (χ2v) is 6.57. The van der Waals surface area contributed by atoms with Crippen LogP contribution in [0, 0.1) is 0 Å². The minimum absolute atomic E-state index is 0. The Hall–Kier alpha value is -1.40. The van der Waals surface area contributed by atoms with Gasteiger partial charge in [-0.15, -0.1) is 12.4 Å². The third-order valence-electron chi connectivity index (χ3n) is 3.24. The van der Waals surface area contributed by atoms with Gasteiger partial charge in [0.05, 0.1) is 28.9 Å². The van der Waals surface area contributed by atoms with E-state index in [4.69, 9.17) is 27.9 Å². The molecule has 0 unspecified atom stereocenters. The molecular formula is C16H13Cl3N2O2S. The van der Waals surface area contributed by atoms with Crippen molar-refractivity contribution in [2.75, 3.05) is 12.9 Å². The maximum atomic E-state index is 12.3. The van der Waals surface area contributed by atoms with Gasteiger partial charge in [0.25, 0.3) is 0 Å². The number of carbonyl (C=O) groups excluding carboxylic acids is 1. The Morgan fingerprint density at radius 2 is 2.04 bits per heavy atom. The van der Waals surface area contributed by atoms with Gasteiger partial charge >= 0.3 is 0 Å². The lowest BCUT2D eigenvalue weighted by Crippen LogP contribution is -2.03. The Labute approximate surface area is 159 Å². The summed E-state index contributed by atoms with van der Waals surface area (Å²) >= 11 is 13.2. The Morgan fingerprint density at radius 3 is 2.75 bits per heavy atom. The first-order valence-electron chi connectivity index (χ1n) is 6.71. The number of nitrogens with one attached hydrogen (secondary N) is 1. The summed E-state index contributed by atoms with van der Waals surface area (Å²) < 4.78 is 5.18. The Bertz CT molecular complexity index is 883. The highest BCUT2D eigenvalue weighted by molar-refractivity contribution is 7.99. The first-order valence-corrected chi connectivity index (χ1v) is 8.46. The molecule has 1 N–H and O–H groups in total. The second-order valence-electron chi connectivity index (χ2n) is 4.76. The highest BCUT2D eigenvalue weighted by Crippen LogP contribution is 2.26. The number of imidazole rings is 1. The van der Waals surface area contributed by atoms with Gasteiger partial charge < -0.3 is 9.72 Å². The third kappa shape index (κ3) is 4.16. The van der Waals surface area contributed by atoms with Crippen LogP contribution in [0.5, 0.6) is 5.75 Å². The first-order chi connectivity index (χ1) is 11.1. The number of aromatic nitrogens is 2. The maximum Gasteiger partial charge on any atom is 0.174 e. The zero-order valence-electron chi connectivity index (χ0n) is 12.5. The van der Waals surface area contributed by atoms with Gasteiger partial charge in [-0.2, -0.15) is 0 Å². The van der Waals surface area contributed by atoms with Crippen LogP contribution in [0.25, 0.3) is 11.0 Å². The molecule has 0 atom stereocenters. The van der Waals surface area contributed by atoms with E-state index in [1.165, 1.54) is 11.8 Å². The Balaban J connectivity index is 0.00000208. The molecule has 0 fully saturated rings. The monoisotopic (exact) mass is 402 g/mol. The zero-order chi connectivity index (χ0) is 16.4. The SMILES string of the molecule is COc1ccc2nc(SCC(=O)c3ccc(Cl)cc3Cl)[nH]c2c1.Cl. The van der Waals surface area contributed by atoms with Gasteiger partial charge in [-0.1, -0.05) is 35.0 Å². The first kappa shape index (κ1) is 18.9. The lowest BCUT2D eigenvalue weighted by molar-refractivity contribution is 0.102. The summed E-state index contributed by atoms with van der Waals surface area (Å²) in [6.07, 6.45) is 0. The summed E-state index contributed by atoms with van der Waals surface area (Å²) in [5.41, 5.74) is 2.15. The summed E-state index contributed by atoms with van der Waals surface area (Å²) in [7, 11) is 1.61. The van der Waals surface area contributed by atoms with Gasteiger partial charge in [-0.3, -0.25) is 4.79 Å². The molecule has 8 heteroatoms. The van der Waals surface area contributed by atoms with Crippen molar-refractivity contribution >= 4 is 64.2 Å². The lowest BCUT2D eigenvalue weighted by Gasteiger charge is -2.02. The van der Waals surface area contributed by atoms with E-state index in [0.717, 1.165) is 16.8 Å². The van der Waals surface area contributed by atoms with Crippen molar-refractivity contribution in [3.8, 4) is 5.75 Å². The Kier molecular flexibility index (Phi) is 6.40. The van der Waals surface area contributed by atoms with Crippen LogP contribution in [-0.4, -0.2) is 28.6 Å². The number of aromatic amines is 1. The average molecular weight is 404 g/mol. The largest absolute Gasteiger partial charge is 0.497 e. The van der Waals surface area contributed by atoms with Crippen LogP contribution in [0.1, 0.15) is 10.4 Å². The molecule has 24 heavy (non-hydrogen) atoms. The van der Waals surface area contributed by atoms with Crippen LogP contribution in [0.2, 0.25) is 10.0 Å². The number of methoxy groups -OCH3 is 1. The van der Waals surface area contributed by atoms with Gasteiger partial charge in [-0.05, 0) is 30.3 Å². The summed E-state index contributed by atoms with van der Waals surface area (Å²) in [5, 5.41) is 1.54. The number of Topliss-reactive ketones (excluding diaryl/α,β-unsaturated/α-hetero) is 1. The number of hydrogen-bond donors (Lipinski definition) is 1. The van der Waals surface area contributed by atoms with Gasteiger partial charge in [0.1, 0.15) is 5.75 Å². The number of nitrogens with zero attached hydrogens (tertiary/aromatic N) is 1. The van der Waals surface area contributed by atoms with E-state index in [-0.39, 0.29) is 23.9 Å². The molecule has 4 nitrogen and oxygen atoms in total. The molecule has 2 aromatic carbocycles. The minimum atomic E-state index is -0.0743. The van der Waals surface area contributed by atoms with Crippen LogP contribution in [0.3, 0.4) is 0 Å². The van der Waals surface area contributed by atoms with Crippen molar-refractivity contribution in [2.45, 2.75) is 5.16 Å². The third-order valence-corrected chi connectivity index (χ3v) is 4.66. The standard InChI is InChI=1S/C16H12Cl2N2O2S.ClH/c1-22-10-3-5-13-14(7-10)20-16(19-13)23-8-15(21)11-4-2-9(17)6-12(11)18;/h2-7H,8H2,1H3,(H,19,20);1H. The van der Waals surface area contributed by atoms with Gasteiger partial charge in [-0.25, -0.2) is 4.98 Å². The molecule has 1 heterocycles. The number of ether oxygens (including phenoxy) is 1. The summed E-state index contributed by atoms with van der Waals surface area (Å²) in [6.45, 7) is 0. The topological polar surface area (TPSA) is 55.0 Å². The molecule has 0 saturated heterocycles. The molecule has 0 radical (unpaired) electrons. The molecule has 0 saturated carbocycles. The maximum absolute atomic E-state index is 12.3. The average Bonchev–Trinajstić information content (AvgIpc) is 2.94. The molecular weight excluding hydrogens is 391 g/mol. The van der Waals surface area contributed by atoms with Crippen molar-refractivity contribution in [2.24, 2.45) is 0 Å². The highest BCUT2D eigenvalue weighted by atomic mass is 35.5. The number of carbonyl (C=O) groups is 1. The van der Waals surface area contributed by atoms with Crippen LogP contribution in [-0.2, 0) is 0 Å². The lowest BCUT2D eigenvalue weighted by atomic mass is 10.1. The quantitative estimate of drug-likeness (QED) is 0.465. The van der Waals surface area contributed by atoms with E-state index < -0.39 is 0 Å². The molecule has 3 rings (SSSR count). The van der Waals surface area contributed by atoms with Crippen molar-refractivity contribution in [3.05, 3.63) is 52.0 Å². The molecule has 0 aliphatic heterocycles. The fourth-order valence-corrected chi connectivity index (χ4v) is 3.37. The van der Waals surface area contributed by atoms with Gasteiger partial charge in [0.15, 0.2) is 10.9 Å². The normalized spacial score (nSPS) is 10.5. The minimum Gasteiger partial charge on any atom is -0.497 e. The predicted molar refractivity (Wildman–Crippen MR) is 101 cm³/mol. The van der Waals surface area contributed by atoms with E-state index in [1.807, 2.05) is 18.2 Å². The van der Waals surface area contributed by atoms with Gasteiger partial charge in [0.2, 0.25) is 0 Å². The molecule has 1 aromatic heterocycles. The van der Waals surface area contributed by atoms with E-state index >= 15 is 0 Å². The Morgan fingerprint density at radius 1 is 1.25 bits per heavy atom. The highest BCUT2D eigenvalue weighted by Gasteiger charge is 2.13. The number of thioether (sulfide) groups is 1. The van der Waals surface area contributed by atoms with E-state index in [0.29, 0.717) is 20.8 Å². The molecule has 0 amide bonds. The molecule has 0 spiro atoms. The van der Waals surface area contributed by atoms with Crippen molar-refractivity contribution < 1.29 is 9.53 Å². The second kappa shape index (κ2) is 8.12. The molecule has 126 valence electrons. The van der Waals surface area contributed by atoms with Crippen molar-refractivity contribution in [1.29, 1.82) is 0 Å². The van der Waals surface area contributed by atoms with Crippen LogP contribution < -0.4 is 4.74 Å². The number of halogens is 3. The van der Waals surface area contributed by atoms with Crippen LogP contribution in [0.15, 0.2) is 41.6 Å². The fraction of sp³-hybridized carbons (Fsp3) is 0.125. The number of hydrogen-bond acceptors (Lipinski definition) is 4. The number of H-pyrrole nitrogens is 1. The molecule has 0 aliphatic rings. The summed E-state index contributed by atoms with van der Waals surface area (Å²) in [6, 6.07) is 10.4. The number of fused-ring (bicyclic) bond motifs is 1. The number of benzene rings is 2. The zero-order valence-corrected chi connectivity index (χ0v) is 15.7. The van der Waals surface area contributed by atoms with Gasteiger partial charge in [0, 0.05) is 16.7 Å².